The molecule has 0 radical (unpaired) electrons. The van der Waals surface area contributed by atoms with Crippen LogP contribution in [0, 0.1) is 5.92 Å². The van der Waals surface area contributed by atoms with Crippen molar-refractivity contribution >= 4 is 35.4 Å². The minimum atomic E-state index is -1.12. The van der Waals surface area contributed by atoms with E-state index >= 15 is 0 Å². The summed E-state index contributed by atoms with van der Waals surface area (Å²) in [5.74, 6) is -1.98. The summed E-state index contributed by atoms with van der Waals surface area (Å²) in [4.78, 5) is 50.3. The number of ether oxygens (including phenoxy) is 1. The summed E-state index contributed by atoms with van der Waals surface area (Å²) >= 11 is 5.85. The highest BCUT2D eigenvalue weighted by molar-refractivity contribution is 6.30. The van der Waals surface area contributed by atoms with Gasteiger partial charge >= 0.3 is 12.0 Å². The third kappa shape index (κ3) is 6.74. The Labute approximate surface area is 174 Å². The van der Waals surface area contributed by atoms with Crippen molar-refractivity contribution in [3.8, 4) is 0 Å². The molecule has 2 N–H and O–H groups in total. The number of nitrogens with one attached hydrogen (secondary N) is 2. The lowest BCUT2D eigenvalue weighted by Crippen LogP contribution is -2.48. The topological polar surface area (TPSA) is 105 Å². The summed E-state index contributed by atoms with van der Waals surface area (Å²) in [6.07, 6.45) is 0.0877. The normalized spacial score (nSPS) is 17.4. The smallest absolute Gasteiger partial charge is 0.321 e. The Morgan fingerprint density at radius 2 is 1.79 bits per heavy atom. The van der Waals surface area contributed by atoms with Crippen LogP contribution < -0.4 is 10.6 Å². The molecule has 1 fully saturated rings. The molecule has 1 aromatic carbocycles. The van der Waals surface area contributed by atoms with Crippen molar-refractivity contribution in [2.24, 2.45) is 5.92 Å². The van der Waals surface area contributed by atoms with Gasteiger partial charge in [-0.1, -0.05) is 11.6 Å². The molecule has 0 bridgehead atoms. The van der Waals surface area contributed by atoms with Crippen molar-refractivity contribution in [2.75, 3.05) is 13.1 Å². The molecule has 0 aromatic heterocycles. The molecule has 4 amide bonds. The average Bonchev–Trinajstić information content (AvgIpc) is 2.67. The zero-order valence-corrected chi connectivity index (χ0v) is 17.5. The van der Waals surface area contributed by atoms with Gasteiger partial charge in [-0.25, -0.2) is 4.79 Å². The lowest BCUT2D eigenvalue weighted by Gasteiger charge is -2.32. The third-order valence-electron chi connectivity index (χ3n) is 4.45. The molecule has 2 rings (SSSR count). The fourth-order valence-corrected chi connectivity index (χ4v) is 3.09. The number of halogens is 1. The van der Waals surface area contributed by atoms with Gasteiger partial charge in [0.1, 0.15) is 0 Å². The number of esters is 1. The van der Waals surface area contributed by atoms with E-state index in [1.165, 1.54) is 6.92 Å². The quantitative estimate of drug-likeness (QED) is 0.707. The molecule has 1 saturated heterocycles. The van der Waals surface area contributed by atoms with Crippen molar-refractivity contribution < 1.29 is 23.9 Å². The Kier molecular flexibility index (Phi) is 8.01. The van der Waals surface area contributed by atoms with Gasteiger partial charge in [0.05, 0.1) is 5.92 Å². The van der Waals surface area contributed by atoms with E-state index in [0.717, 1.165) is 0 Å². The number of hydrogen-bond acceptors (Lipinski definition) is 5. The number of carbonyl (C=O) groups excluding carboxylic acids is 4. The second kappa shape index (κ2) is 10.2. The number of rotatable bonds is 5. The van der Waals surface area contributed by atoms with E-state index in [1.54, 1.807) is 43.0 Å². The van der Waals surface area contributed by atoms with Crippen molar-refractivity contribution in [3.05, 3.63) is 34.9 Å². The maximum atomic E-state index is 12.6. The van der Waals surface area contributed by atoms with Crippen LogP contribution in [-0.2, 0) is 14.3 Å². The molecule has 0 unspecified atom stereocenters. The highest BCUT2D eigenvalue weighted by Gasteiger charge is 2.32. The number of imide groups is 1. The highest BCUT2D eigenvalue weighted by atomic mass is 35.5. The van der Waals surface area contributed by atoms with Crippen LogP contribution in [0.5, 0.6) is 0 Å². The van der Waals surface area contributed by atoms with Crippen LogP contribution in [0.25, 0.3) is 0 Å². The first-order chi connectivity index (χ1) is 13.7. The lowest BCUT2D eigenvalue weighted by atomic mass is 9.97. The second-order valence-electron chi connectivity index (χ2n) is 7.29. The van der Waals surface area contributed by atoms with Crippen LogP contribution >= 0.6 is 11.6 Å². The number of amides is 4. The molecule has 1 aromatic rings. The monoisotopic (exact) mass is 423 g/mol. The van der Waals surface area contributed by atoms with Crippen LogP contribution in [0.4, 0.5) is 4.79 Å². The predicted octanol–water partition coefficient (Wildman–Crippen LogP) is 2.36. The molecule has 1 aliphatic heterocycles. The molecule has 0 spiro atoms. The number of benzene rings is 1. The molecule has 0 saturated carbocycles. The summed E-state index contributed by atoms with van der Waals surface area (Å²) in [6, 6.07) is 5.78. The molecule has 0 aliphatic carbocycles. The Morgan fingerprint density at radius 1 is 1.14 bits per heavy atom. The summed E-state index contributed by atoms with van der Waals surface area (Å²) in [6.45, 7) is 5.66. The van der Waals surface area contributed by atoms with E-state index in [1.807, 2.05) is 0 Å². The van der Waals surface area contributed by atoms with E-state index in [-0.39, 0.29) is 18.5 Å². The minimum absolute atomic E-state index is 0.132. The highest BCUT2D eigenvalue weighted by Crippen LogP contribution is 2.21. The third-order valence-corrected chi connectivity index (χ3v) is 4.70. The van der Waals surface area contributed by atoms with Gasteiger partial charge in [0.15, 0.2) is 6.10 Å². The van der Waals surface area contributed by atoms with Gasteiger partial charge in [-0.05, 0) is 57.9 Å². The fraction of sp³-hybridized carbons (Fsp3) is 0.500. The lowest BCUT2D eigenvalue weighted by molar-refractivity contribution is -0.159. The van der Waals surface area contributed by atoms with Crippen LogP contribution in [0.3, 0.4) is 0 Å². The zero-order valence-electron chi connectivity index (χ0n) is 16.7. The van der Waals surface area contributed by atoms with Crippen LogP contribution in [-0.4, -0.2) is 54.0 Å². The molecule has 2 atom stereocenters. The summed E-state index contributed by atoms with van der Waals surface area (Å²) < 4.78 is 5.22. The minimum Gasteiger partial charge on any atom is -0.452 e. The first kappa shape index (κ1) is 22.7. The van der Waals surface area contributed by atoms with Gasteiger partial charge in [-0.2, -0.15) is 0 Å². The van der Waals surface area contributed by atoms with Crippen molar-refractivity contribution in [2.45, 2.75) is 45.8 Å². The summed E-state index contributed by atoms with van der Waals surface area (Å²) in [7, 11) is 0. The van der Waals surface area contributed by atoms with Gasteiger partial charge in [0.2, 0.25) is 0 Å². The molecule has 8 nitrogen and oxygen atoms in total. The first-order valence-electron chi connectivity index (χ1n) is 9.54. The molecule has 29 heavy (non-hydrogen) atoms. The number of piperidine rings is 1. The van der Waals surface area contributed by atoms with Crippen LogP contribution in [0.1, 0.15) is 44.0 Å². The van der Waals surface area contributed by atoms with Gasteiger partial charge in [-0.3, -0.25) is 19.7 Å². The molecule has 158 valence electrons. The molecular formula is C20H26ClN3O5. The van der Waals surface area contributed by atoms with Crippen LogP contribution in [0.15, 0.2) is 24.3 Å². The van der Waals surface area contributed by atoms with E-state index < -0.39 is 29.9 Å². The standard InChI is InChI=1S/C20H26ClN3O5/c1-12(2)22-20(28)23-17(25)13(3)29-19(27)15-5-4-10-24(11-15)18(26)14-6-8-16(21)9-7-14/h6-9,12-13,15H,4-5,10-11H2,1-3H3,(H2,22,23,25,28)/t13-,15+/m1/s1. The molecule has 9 heteroatoms. The molecule has 1 heterocycles. The number of nitrogens with zero attached hydrogens (tertiary/aromatic N) is 1. The van der Waals surface area contributed by atoms with Crippen molar-refractivity contribution in [1.82, 2.24) is 15.5 Å². The van der Waals surface area contributed by atoms with Gasteiger partial charge in [0, 0.05) is 29.7 Å². The fourth-order valence-electron chi connectivity index (χ4n) is 2.96. The van der Waals surface area contributed by atoms with Crippen molar-refractivity contribution in [1.29, 1.82) is 0 Å². The van der Waals surface area contributed by atoms with Crippen LogP contribution in [0.2, 0.25) is 5.02 Å². The maximum absolute atomic E-state index is 12.6. The average molecular weight is 424 g/mol. The Balaban J connectivity index is 1.90. The summed E-state index contributed by atoms with van der Waals surface area (Å²) in [5, 5.41) is 5.19. The SMILES string of the molecule is CC(C)NC(=O)NC(=O)[C@@H](C)OC(=O)[C@H]1CCCN(C(=O)c2ccc(Cl)cc2)C1. The first-order valence-corrected chi connectivity index (χ1v) is 9.92. The van der Waals surface area contributed by atoms with E-state index in [2.05, 4.69) is 10.6 Å². The largest absolute Gasteiger partial charge is 0.452 e. The number of hydrogen-bond donors (Lipinski definition) is 2. The van der Waals surface area contributed by atoms with Crippen molar-refractivity contribution in [3.63, 3.8) is 0 Å². The zero-order chi connectivity index (χ0) is 21.6. The Bertz CT molecular complexity index is 766. The molecule has 1 aliphatic rings. The van der Waals surface area contributed by atoms with E-state index in [9.17, 15) is 19.2 Å². The van der Waals surface area contributed by atoms with Gasteiger partial charge < -0.3 is 15.0 Å². The summed E-state index contributed by atoms with van der Waals surface area (Å²) in [5.41, 5.74) is 0.493. The van der Waals surface area contributed by atoms with E-state index in [0.29, 0.717) is 30.0 Å². The maximum Gasteiger partial charge on any atom is 0.321 e. The molecular weight excluding hydrogens is 398 g/mol. The predicted molar refractivity (Wildman–Crippen MR) is 107 cm³/mol. The van der Waals surface area contributed by atoms with Gasteiger partial charge in [-0.15, -0.1) is 0 Å². The number of urea groups is 1. The Morgan fingerprint density at radius 3 is 2.41 bits per heavy atom. The van der Waals surface area contributed by atoms with E-state index in [4.69, 9.17) is 16.3 Å². The van der Waals surface area contributed by atoms with Gasteiger partial charge in [0.25, 0.3) is 11.8 Å². The second-order valence-corrected chi connectivity index (χ2v) is 7.73. The Hall–Kier alpha value is -2.61. The number of likely N-dealkylation sites (tertiary alicyclic amines) is 1. The number of carbonyl (C=O) groups is 4.